The van der Waals surface area contributed by atoms with Crippen LogP contribution in [0.3, 0.4) is 0 Å². The van der Waals surface area contributed by atoms with E-state index >= 15 is 0 Å². The number of hydrogen-bond donors (Lipinski definition) is 0. The van der Waals surface area contributed by atoms with Gasteiger partial charge in [-0.2, -0.15) is 0 Å². The molecule has 134 valence electrons. The Kier molecular flexibility index (Phi) is 4.27. The van der Waals surface area contributed by atoms with E-state index in [1.165, 1.54) is 0 Å². The summed E-state index contributed by atoms with van der Waals surface area (Å²) in [5, 5.41) is 2.85. The van der Waals surface area contributed by atoms with Crippen molar-refractivity contribution in [3.63, 3.8) is 0 Å². The Balaban J connectivity index is 1.88. The van der Waals surface area contributed by atoms with Crippen LogP contribution in [0.25, 0.3) is 39.2 Å². The molecular formula is C23H16N4S. The monoisotopic (exact) mass is 380 g/mol. The van der Waals surface area contributed by atoms with Crippen LogP contribution >= 0.6 is 11.3 Å². The van der Waals surface area contributed by atoms with E-state index in [0.717, 1.165) is 39.2 Å². The van der Waals surface area contributed by atoms with Crippen molar-refractivity contribution in [1.29, 1.82) is 0 Å². The zero-order chi connectivity index (χ0) is 18.8. The van der Waals surface area contributed by atoms with Gasteiger partial charge in [-0.3, -0.25) is 9.55 Å². The number of thiazole rings is 1. The average Bonchev–Trinajstić information content (AvgIpc) is 3.43. The van der Waals surface area contributed by atoms with Crippen LogP contribution in [-0.2, 0) is 0 Å². The lowest BCUT2D eigenvalue weighted by molar-refractivity contribution is 1.03. The van der Waals surface area contributed by atoms with Gasteiger partial charge in [0, 0.05) is 28.9 Å². The van der Waals surface area contributed by atoms with Crippen LogP contribution in [0, 0.1) is 0 Å². The fourth-order valence-corrected chi connectivity index (χ4v) is 3.91. The molecule has 5 heteroatoms. The average molecular weight is 380 g/mol. The largest absolute Gasteiger partial charge is 0.266 e. The van der Waals surface area contributed by atoms with Gasteiger partial charge in [-0.25, -0.2) is 9.97 Å². The molecule has 0 spiro atoms. The number of benzene rings is 2. The lowest BCUT2D eigenvalue weighted by Crippen LogP contribution is -2.00. The Labute approximate surface area is 166 Å². The van der Waals surface area contributed by atoms with Crippen LogP contribution in [-0.4, -0.2) is 19.5 Å². The minimum Gasteiger partial charge on any atom is -0.266 e. The highest BCUT2D eigenvalue weighted by Gasteiger charge is 2.23. The van der Waals surface area contributed by atoms with E-state index < -0.39 is 0 Å². The third-order valence-corrected chi connectivity index (χ3v) is 5.23. The molecule has 5 aromatic rings. The SMILES string of the molecule is c1ccc(-c2nc(-c3ccccn3)n(-c3nccs3)c2-c2ccccc2)cc1. The highest BCUT2D eigenvalue weighted by Crippen LogP contribution is 2.38. The Bertz CT molecular complexity index is 1180. The first-order chi connectivity index (χ1) is 13.9. The number of imidazole rings is 1. The van der Waals surface area contributed by atoms with Gasteiger partial charge in [0.15, 0.2) is 11.0 Å². The summed E-state index contributed by atoms with van der Waals surface area (Å²) < 4.78 is 2.12. The summed E-state index contributed by atoms with van der Waals surface area (Å²) in [6.45, 7) is 0. The molecule has 0 aliphatic rings. The van der Waals surface area contributed by atoms with E-state index in [1.54, 1.807) is 17.5 Å². The molecule has 2 aromatic carbocycles. The molecule has 0 aliphatic carbocycles. The van der Waals surface area contributed by atoms with Crippen molar-refractivity contribution in [2.75, 3.05) is 0 Å². The van der Waals surface area contributed by atoms with E-state index in [9.17, 15) is 0 Å². The van der Waals surface area contributed by atoms with Crippen LogP contribution < -0.4 is 0 Å². The Morgan fingerprint density at radius 2 is 1.39 bits per heavy atom. The summed E-state index contributed by atoms with van der Waals surface area (Å²) in [5.41, 5.74) is 4.90. The molecule has 0 bridgehead atoms. The first kappa shape index (κ1) is 16.6. The zero-order valence-corrected chi connectivity index (χ0v) is 15.8. The molecule has 4 nitrogen and oxygen atoms in total. The number of rotatable bonds is 4. The molecule has 0 N–H and O–H groups in total. The topological polar surface area (TPSA) is 43.6 Å². The van der Waals surface area contributed by atoms with Crippen LogP contribution in [0.1, 0.15) is 0 Å². The van der Waals surface area contributed by atoms with E-state index in [-0.39, 0.29) is 0 Å². The molecule has 0 fully saturated rings. The van der Waals surface area contributed by atoms with Gasteiger partial charge in [0.2, 0.25) is 0 Å². The minimum absolute atomic E-state index is 0.785. The maximum atomic E-state index is 5.05. The summed E-state index contributed by atoms with van der Waals surface area (Å²) in [6, 6.07) is 26.5. The third-order valence-electron chi connectivity index (χ3n) is 4.48. The number of pyridine rings is 1. The van der Waals surface area contributed by atoms with Gasteiger partial charge in [0.05, 0.1) is 11.4 Å². The first-order valence-corrected chi connectivity index (χ1v) is 9.84. The second kappa shape index (κ2) is 7.21. The van der Waals surface area contributed by atoms with E-state index in [0.29, 0.717) is 0 Å². The maximum absolute atomic E-state index is 5.05. The van der Waals surface area contributed by atoms with Gasteiger partial charge in [0.1, 0.15) is 5.69 Å². The van der Waals surface area contributed by atoms with Crippen molar-refractivity contribution in [1.82, 2.24) is 19.5 Å². The van der Waals surface area contributed by atoms with Gasteiger partial charge < -0.3 is 0 Å². The van der Waals surface area contributed by atoms with E-state index in [1.807, 2.05) is 66.2 Å². The lowest BCUT2D eigenvalue weighted by atomic mass is 10.0. The van der Waals surface area contributed by atoms with Crippen LogP contribution in [0.15, 0.2) is 96.6 Å². The molecule has 3 aromatic heterocycles. The fraction of sp³-hybridized carbons (Fsp3) is 0. The van der Waals surface area contributed by atoms with E-state index in [4.69, 9.17) is 4.98 Å². The molecule has 5 rings (SSSR count). The lowest BCUT2D eigenvalue weighted by Gasteiger charge is -2.10. The Morgan fingerprint density at radius 1 is 0.679 bits per heavy atom. The van der Waals surface area contributed by atoms with Crippen LogP contribution in [0.4, 0.5) is 0 Å². The summed E-state index contributed by atoms with van der Waals surface area (Å²) in [7, 11) is 0. The maximum Gasteiger partial charge on any atom is 0.195 e. The molecule has 0 radical (unpaired) electrons. The standard InChI is InChI=1S/C23H16N4S/c1-3-9-17(10-4-1)20-21(18-11-5-2-6-12-18)27(23-25-15-16-28-23)22(26-20)19-13-7-8-14-24-19/h1-16H. The molecule has 0 saturated carbocycles. The summed E-state index contributed by atoms with van der Waals surface area (Å²) >= 11 is 1.59. The van der Waals surface area contributed by atoms with Crippen LogP contribution in [0.5, 0.6) is 0 Å². The highest BCUT2D eigenvalue weighted by atomic mass is 32.1. The zero-order valence-electron chi connectivity index (χ0n) is 14.9. The minimum atomic E-state index is 0.785. The molecule has 0 aliphatic heterocycles. The Hall–Kier alpha value is -3.57. The van der Waals surface area contributed by atoms with Crippen molar-refractivity contribution in [2.45, 2.75) is 0 Å². The molecule has 28 heavy (non-hydrogen) atoms. The quantitative estimate of drug-likeness (QED) is 0.400. The molecule has 0 amide bonds. The first-order valence-electron chi connectivity index (χ1n) is 8.96. The number of nitrogens with zero attached hydrogens (tertiary/aromatic N) is 4. The number of hydrogen-bond acceptors (Lipinski definition) is 4. The molecule has 0 atom stereocenters. The van der Waals surface area contributed by atoms with Gasteiger partial charge in [-0.05, 0) is 12.1 Å². The van der Waals surface area contributed by atoms with Gasteiger partial charge >= 0.3 is 0 Å². The van der Waals surface area contributed by atoms with Gasteiger partial charge in [-0.15, -0.1) is 11.3 Å². The van der Waals surface area contributed by atoms with Gasteiger partial charge in [0.25, 0.3) is 0 Å². The second-order valence-electron chi connectivity index (χ2n) is 6.23. The summed E-state index contributed by atoms with van der Waals surface area (Å²) in [6.07, 6.45) is 3.61. The molecule has 0 unspecified atom stereocenters. The van der Waals surface area contributed by atoms with Gasteiger partial charge in [-0.1, -0.05) is 66.7 Å². The van der Waals surface area contributed by atoms with Crippen molar-refractivity contribution in [3.05, 3.63) is 96.6 Å². The normalized spacial score (nSPS) is 10.9. The molecule has 0 saturated heterocycles. The summed E-state index contributed by atoms with van der Waals surface area (Å²) in [4.78, 5) is 14.2. The second-order valence-corrected chi connectivity index (χ2v) is 7.10. The Morgan fingerprint density at radius 3 is 2.04 bits per heavy atom. The number of aromatic nitrogens is 4. The van der Waals surface area contributed by atoms with Crippen molar-refractivity contribution in [3.8, 4) is 39.2 Å². The predicted molar refractivity (Wildman–Crippen MR) is 113 cm³/mol. The highest BCUT2D eigenvalue weighted by molar-refractivity contribution is 7.12. The van der Waals surface area contributed by atoms with Crippen LogP contribution in [0.2, 0.25) is 0 Å². The summed E-state index contributed by atoms with van der Waals surface area (Å²) in [5.74, 6) is 0.785. The fourth-order valence-electron chi connectivity index (χ4n) is 3.26. The predicted octanol–water partition coefficient (Wildman–Crippen LogP) is 5.72. The van der Waals surface area contributed by atoms with E-state index in [2.05, 4.69) is 38.8 Å². The van der Waals surface area contributed by atoms with Crippen molar-refractivity contribution < 1.29 is 0 Å². The van der Waals surface area contributed by atoms with Crippen molar-refractivity contribution >= 4 is 11.3 Å². The molecular weight excluding hydrogens is 364 g/mol. The smallest absolute Gasteiger partial charge is 0.195 e. The third kappa shape index (κ3) is 2.92. The van der Waals surface area contributed by atoms with Crippen molar-refractivity contribution in [2.24, 2.45) is 0 Å². The molecule has 3 heterocycles.